The first-order chi connectivity index (χ1) is 9.91. The lowest BCUT2D eigenvalue weighted by atomic mass is 10.2. The second-order valence-electron chi connectivity index (χ2n) is 5.40. The van der Waals surface area contributed by atoms with E-state index in [1.54, 1.807) is 0 Å². The number of ether oxygens (including phenoxy) is 3. The van der Waals surface area contributed by atoms with Gasteiger partial charge in [0.2, 0.25) is 0 Å². The lowest BCUT2D eigenvalue weighted by molar-refractivity contribution is -0.137. The Kier molecular flexibility index (Phi) is 6.08. The maximum atomic E-state index is 5.76. The van der Waals surface area contributed by atoms with Gasteiger partial charge in [-0.1, -0.05) is 0 Å². The second-order valence-corrected chi connectivity index (χ2v) is 7.11. The van der Waals surface area contributed by atoms with Crippen LogP contribution in [0.5, 0.6) is 5.75 Å². The predicted octanol–water partition coefficient (Wildman–Crippen LogP) is 3.85. The topological polar surface area (TPSA) is 39.7 Å². The van der Waals surface area contributed by atoms with Gasteiger partial charge in [-0.2, -0.15) is 0 Å². The molecule has 21 heavy (non-hydrogen) atoms. The number of nitrogens with one attached hydrogen (secondary N) is 1. The predicted molar refractivity (Wildman–Crippen MR) is 89.6 cm³/mol. The molecule has 1 aliphatic heterocycles. The van der Waals surface area contributed by atoms with E-state index in [4.69, 9.17) is 14.2 Å². The SMILES string of the molecule is CCOc1c(Br)cc(CNCC2COC(C)(C)O2)cc1Br. The summed E-state index contributed by atoms with van der Waals surface area (Å²) in [6.07, 6.45) is 0.106. The van der Waals surface area contributed by atoms with E-state index in [2.05, 4.69) is 49.3 Å². The zero-order valence-corrected chi connectivity index (χ0v) is 15.7. The average Bonchev–Trinajstić information content (AvgIpc) is 2.73. The first-order valence-corrected chi connectivity index (χ1v) is 8.63. The molecule has 1 unspecified atom stereocenters. The average molecular weight is 423 g/mol. The van der Waals surface area contributed by atoms with Crippen LogP contribution in [0.15, 0.2) is 21.1 Å². The van der Waals surface area contributed by atoms with Gasteiger partial charge in [0.05, 0.1) is 28.3 Å². The maximum Gasteiger partial charge on any atom is 0.163 e. The van der Waals surface area contributed by atoms with E-state index in [1.807, 2.05) is 20.8 Å². The van der Waals surface area contributed by atoms with Crippen LogP contribution in [0.25, 0.3) is 0 Å². The number of hydrogen-bond donors (Lipinski definition) is 1. The first kappa shape index (κ1) is 17.2. The molecule has 1 saturated heterocycles. The van der Waals surface area contributed by atoms with Crippen molar-refractivity contribution in [3.8, 4) is 5.75 Å². The van der Waals surface area contributed by atoms with Crippen molar-refractivity contribution in [3.63, 3.8) is 0 Å². The van der Waals surface area contributed by atoms with Crippen LogP contribution in [-0.4, -0.2) is 31.6 Å². The van der Waals surface area contributed by atoms with Gasteiger partial charge >= 0.3 is 0 Å². The molecule has 0 amide bonds. The third kappa shape index (κ3) is 4.93. The van der Waals surface area contributed by atoms with Crippen molar-refractivity contribution in [3.05, 3.63) is 26.6 Å². The lowest BCUT2D eigenvalue weighted by Gasteiger charge is -2.17. The van der Waals surface area contributed by atoms with Gasteiger partial charge in [-0.3, -0.25) is 0 Å². The molecule has 1 aliphatic rings. The van der Waals surface area contributed by atoms with Crippen molar-refractivity contribution in [2.75, 3.05) is 19.8 Å². The zero-order valence-electron chi connectivity index (χ0n) is 12.5. The summed E-state index contributed by atoms with van der Waals surface area (Å²) in [4.78, 5) is 0. The first-order valence-electron chi connectivity index (χ1n) is 7.04. The van der Waals surface area contributed by atoms with E-state index in [0.717, 1.165) is 27.8 Å². The molecule has 1 fully saturated rings. The van der Waals surface area contributed by atoms with Gasteiger partial charge in [-0.05, 0) is 70.3 Å². The molecule has 2 rings (SSSR count). The summed E-state index contributed by atoms with van der Waals surface area (Å²) in [5, 5.41) is 3.40. The molecule has 1 atom stereocenters. The summed E-state index contributed by atoms with van der Waals surface area (Å²) in [7, 11) is 0. The van der Waals surface area contributed by atoms with Crippen molar-refractivity contribution in [2.24, 2.45) is 0 Å². The molecule has 0 saturated carbocycles. The summed E-state index contributed by atoms with van der Waals surface area (Å²) < 4.78 is 18.8. The Morgan fingerprint density at radius 2 is 2.00 bits per heavy atom. The minimum Gasteiger partial charge on any atom is -0.492 e. The van der Waals surface area contributed by atoms with Crippen LogP contribution in [0.3, 0.4) is 0 Å². The van der Waals surface area contributed by atoms with Crippen LogP contribution in [-0.2, 0) is 16.0 Å². The monoisotopic (exact) mass is 421 g/mol. The fourth-order valence-electron chi connectivity index (χ4n) is 2.24. The Morgan fingerprint density at radius 3 is 2.52 bits per heavy atom. The van der Waals surface area contributed by atoms with Gasteiger partial charge in [-0.15, -0.1) is 0 Å². The number of hydrogen-bond acceptors (Lipinski definition) is 4. The van der Waals surface area contributed by atoms with Crippen molar-refractivity contribution in [2.45, 2.75) is 39.2 Å². The summed E-state index contributed by atoms with van der Waals surface area (Å²) >= 11 is 7.09. The fourth-order valence-corrected chi connectivity index (χ4v) is 3.75. The Morgan fingerprint density at radius 1 is 1.33 bits per heavy atom. The van der Waals surface area contributed by atoms with E-state index in [9.17, 15) is 0 Å². The molecule has 0 bridgehead atoms. The smallest absolute Gasteiger partial charge is 0.163 e. The molecule has 0 aliphatic carbocycles. The molecule has 1 N–H and O–H groups in total. The maximum absolute atomic E-state index is 5.76. The molecule has 0 spiro atoms. The highest BCUT2D eigenvalue weighted by Crippen LogP contribution is 2.34. The van der Waals surface area contributed by atoms with Gasteiger partial charge in [0, 0.05) is 13.1 Å². The number of halogens is 2. The van der Waals surface area contributed by atoms with Crippen molar-refractivity contribution >= 4 is 31.9 Å². The van der Waals surface area contributed by atoms with Gasteiger partial charge in [0.1, 0.15) is 5.75 Å². The molecule has 0 aromatic heterocycles. The Bertz CT molecular complexity index is 471. The molecule has 0 radical (unpaired) electrons. The standard InChI is InChI=1S/C15H21Br2NO3/c1-4-19-14-12(16)5-10(6-13(14)17)7-18-8-11-9-20-15(2,3)21-11/h5-6,11,18H,4,7-9H2,1-3H3. The van der Waals surface area contributed by atoms with Gasteiger partial charge in [-0.25, -0.2) is 0 Å². The van der Waals surface area contributed by atoms with Gasteiger partial charge in [0.15, 0.2) is 5.79 Å². The molecule has 1 aromatic rings. The van der Waals surface area contributed by atoms with Crippen molar-refractivity contribution in [1.82, 2.24) is 5.32 Å². The van der Waals surface area contributed by atoms with Crippen LogP contribution >= 0.6 is 31.9 Å². The highest BCUT2D eigenvalue weighted by atomic mass is 79.9. The molecule has 1 aromatic carbocycles. The Hall–Kier alpha value is -0.140. The number of benzene rings is 1. The summed E-state index contributed by atoms with van der Waals surface area (Å²) in [6, 6.07) is 4.14. The van der Waals surface area contributed by atoms with E-state index < -0.39 is 5.79 Å². The minimum absolute atomic E-state index is 0.106. The van der Waals surface area contributed by atoms with E-state index in [0.29, 0.717) is 13.2 Å². The van der Waals surface area contributed by atoms with E-state index >= 15 is 0 Å². The van der Waals surface area contributed by atoms with Gasteiger partial charge < -0.3 is 19.5 Å². The van der Waals surface area contributed by atoms with E-state index in [-0.39, 0.29) is 6.10 Å². The summed E-state index contributed by atoms with van der Waals surface area (Å²) in [5.41, 5.74) is 1.18. The molecule has 4 nitrogen and oxygen atoms in total. The van der Waals surface area contributed by atoms with Crippen LogP contribution in [0.4, 0.5) is 0 Å². The third-order valence-corrected chi connectivity index (χ3v) is 4.29. The van der Waals surface area contributed by atoms with Crippen LogP contribution < -0.4 is 10.1 Å². The van der Waals surface area contributed by atoms with E-state index in [1.165, 1.54) is 5.56 Å². The molecular weight excluding hydrogens is 402 g/mol. The highest BCUT2D eigenvalue weighted by molar-refractivity contribution is 9.11. The van der Waals surface area contributed by atoms with Crippen LogP contribution in [0.2, 0.25) is 0 Å². The summed E-state index contributed by atoms with van der Waals surface area (Å²) in [5.74, 6) is 0.382. The molecule has 118 valence electrons. The normalized spacial score (nSPS) is 20.7. The molecule has 6 heteroatoms. The van der Waals surface area contributed by atoms with Crippen LogP contribution in [0.1, 0.15) is 26.3 Å². The van der Waals surface area contributed by atoms with Gasteiger partial charge in [0.25, 0.3) is 0 Å². The number of rotatable bonds is 6. The quantitative estimate of drug-likeness (QED) is 0.755. The summed E-state index contributed by atoms with van der Waals surface area (Å²) in [6.45, 7) is 8.66. The minimum atomic E-state index is -0.461. The lowest BCUT2D eigenvalue weighted by Crippen LogP contribution is -2.30. The second kappa shape index (κ2) is 7.42. The Balaban J connectivity index is 1.86. The fraction of sp³-hybridized carbons (Fsp3) is 0.600. The van der Waals surface area contributed by atoms with Crippen molar-refractivity contribution in [1.29, 1.82) is 0 Å². The highest BCUT2D eigenvalue weighted by Gasteiger charge is 2.32. The molecule has 1 heterocycles. The Labute approximate surface area is 142 Å². The molecular formula is C15H21Br2NO3. The zero-order chi connectivity index (χ0) is 15.5. The van der Waals surface area contributed by atoms with Crippen molar-refractivity contribution < 1.29 is 14.2 Å². The van der Waals surface area contributed by atoms with Crippen LogP contribution in [0, 0.1) is 0 Å². The third-order valence-electron chi connectivity index (χ3n) is 3.12. The largest absolute Gasteiger partial charge is 0.492 e.